The van der Waals surface area contributed by atoms with Crippen molar-refractivity contribution in [3.63, 3.8) is 0 Å². The molecule has 0 spiro atoms. The molecule has 0 saturated carbocycles. The van der Waals surface area contributed by atoms with Crippen LogP contribution in [0.25, 0.3) is 10.1 Å². The Balaban J connectivity index is 2.83. The van der Waals surface area contributed by atoms with Gasteiger partial charge in [-0.25, -0.2) is 8.78 Å². The first-order valence-electron chi connectivity index (χ1n) is 3.64. The van der Waals surface area contributed by atoms with E-state index in [0.717, 1.165) is 0 Å². The monoisotopic (exact) mass is 262 g/mol. The molecule has 1 aromatic carbocycles. The molecule has 0 nitrogen and oxygen atoms in total. The molecule has 68 valence electrons. The highest BCUT2D eigenvalue weighted by atomic mass is 79.9. The zero-order chi connectivity index (χ0) is 9.42. The van der Waals surface area contributed by atoms with Gasteiger partial charge in [0.2, 0.25) is 0 Å². The summed E-state index contributed by atoms with van der Waals surface area (Å²) in [6.45, 7) is 0. The van der Waals surface area contributed by atoms with Crippen molar-refractivity contribution in [2.75, 3.05) is 0 Å². The van der Waals surface area contributed by atoms with E-state index in [1.54, 1.807) is 12.1 Å². The highest BCUT2D eigenvalue weighted by Crippen LogP contribution is 2.29. The van der Waals surface area contributed by atoms with Crippen molar-refractivity contribution in [1.82, 2.24) is 0 Å². The number of hydrogen-bond donors (Lipinski definition) is 0. The highest BCUT2D eigenvalue weighted by molar-refractivity contribution is 9.08. The lowest BCUT2D eigenvalue weighted by atomic mass is 10.2. The van der Waals surface area contributed by atoms with Gasteiger partial charge in [-0.2, -0.15) is 0 Å². The van der Waals surface area contributed by atoms with Gasteiger partial charge in [0.25, 0.3) is 0 Å². The van der Waals surface area contributed by atoms with Crippen LogP contribution in [0.2, 0.25) is 0 Å². The topological polar surface area (TPSA) is 0 Å². The van der Waals surface area contributed by atoms with E-state index in [9.17, 15) is 8.78 Å². The van der Waals surface area contributed by atoms with Gasteiger partial charge in [0, 0.05) is 15.4 Å². The summed E-state index contributed by atoms with van der Waals surface area (Å²) in [4.78, 5) is 0. The van der Waals surface area contributed by atoms with Crippen molar-refractivity contribution in [2.45, 2.75) is 5.33 Å². The maximum absolute atomic E-state index is 13.5. The summed E-state index contributed by atoms with van der Waals surface area (Å²) in [5, 5.41) is 1.84. The minimum absolute atomic E-state index is 0.113. The van der Waals surface area contributed by atoms with E-state index in [-0.39, 0.29) is 5.39 Å². The number of rotatable bonds is 1. The van der Waals surface area contributed by atoms with Crippen LogP contribution in [0.4, 0.5) is 8.78 Å². The molecule has 0 saturated heterocycles. The van der Waals surface area contributed by atoms with Gasteiger partial charge in [-0.05, 0) is 11.6 Å². The van der Waals surface area contributed by atoms with Crippen molar-refractivity contribution in [1.29, 1.82) is 0 Å². The van der Waals surface area contributed by atoms with Crippen LogP contribution in [0.3, 0.4) is 0 Å². The molecule has 0 unspecified atom stereocenters. The average molecular weight is 263 g/mol. The Morgan fingerprint density at radius 3 is 2.77 bits per heavy atom. The van der Waals surface area contributed by atoms with Gasteiger partial charge in [-0.3, -0.25) is 0 Å². The van der Waals surface area contributed by atoms with Crippen molar-refractivity contribution in [3.05, 3.63) is 34.7 Å². The molecule has 1 heterocycles. The standard InChI is InChI=1S/C9H5BrF2S/c10-3-5-1-2-7-8(9(5)12)6(11)4-13-7/h1-2,4H,3H2. The molecule has 0 radical (unpaired) electrons. The Morgan fingerprint density at radius 1 is 1.31 bits per heavy atom. The van der Waals surface area contributed by atoms with E-state index in [2.05, 4.69) is 15.9 Å². The molecular formula is C9H5BrF2S. The van der Waals surface area contributed by atoms with Gasteiger partial charge >= 0.3 is 0 Å². The number of thiophene rings is 1. The quantitative estimate of drug-likeness (QED) is 0.680. The van der Waals surface area contributed by atoms with Crippen LogP contribution in [0.15, 0.2) is 17.5 Å². The van der Waals surface area contributed by atoms with Gasteiger partial charge in [0.05, 0.1) is 5.39 Å². The summed E-state index contributed by atoms with van der Waals surface area (Å²) in [5.74, 6) is -0.923. The van der Waals surface area contributed by atoms with E-state index in [0.29, 0.717) is 15.6 Å². The lowest BCUT2D eigenvalue weighted by Crippen LogP contribution is -1.86. The average Bonchev–Trinajstić information content (AvgIpc) is 2.49. The maximum Gasteiger partial charge on any atom is 0.144 e. The molecule has 4 heteroatoms. The third-order valence-corrected chi connectivity index (χ3v) is 3.38. The molecule has 0 amide bonds. The van der Waals surface area contributed by atoms with E-state index >= 15 is 0 Å². The molecule has 0 aliphatic carbocycles. The van der Waals surface area contributed by atoms with Gasteiger partial charge in [-0.1, -0.05) is 22.0 Å². The second-order valence-electron chi connectivity index (χ2n) is 2.63. The normalized spacial score (nSPS) is 11.0. The van der Waals surface area contributed by atoms with E-state index < -0.39 is 11.6 Å². The number of alkyl halides is 1. The molecule has 2 rings (SSSR count). The Kier molecular flexibility index (Phi) is 2.34. The molecule has 0 fully saturated rings. The Bertz CT molecular complexity index is 450. The zero-order valence-corrected chi connectivity index (χ0v) is 8.88. The van der Waals surface area contributed by atoms with Crippen LogP contribution in [0.5, 0.6) is 0 Å². The second kappa shape index (κ2) is 3.35. The predicted octanol–water partition coefficient (Wildman–Crippen LogP) is 4.07. The Hall–Kier alpha value is -0.480. The first kappa shape index (κ1) is 9.09. The molecule has 13 heavy (non-hydrogen) atoms. The van der Waals surface area contributed by atoms with Crippen LogP contribution in [0.1, 0.15) is 5.56 Å². The maximum atomic E-state index is 13.5. The van der Waals surface area contributed by atoms with Crippen molar-refractivity contribution in [2.24, 2.45) is 0 Å². The van der Waals surface area contributed by atoms with Gasteiger partial charge < -0.3 is 0 Å². The fraction of sp³-hybridized carbons (Fsp3) is 0.111. The van der Waals surface area contributed by atoms with Gasteiger partial charge in [0.15, 0.2) is 0 Å². The minimum atomic E-state index is -0.472. The minimum Gasteiger partial charge on any atom is -0.206 e. The van der Waals surface area contributed by atoms with E-state index in [4.69, 9.17) is 0 Å². The highest BCUT2D eigenvalue weighted by Gasteiger charge is 2.11. The third-order valence-electron chi connectivity index (χ3n) is 1.86. The first-order chi connectivity index (χ1) is 6.24. The van der Waals surface area contributed by atoms with Crippen molar-refractivity contribution >= 4 is 37.4 Å². The summed E-state index contributed by atoms with van der Waals surface area (Å²) < 4.78 is 27.2. The van der Waals surface area contributed by atoms with Crippen LogP contribution in [0, 0.1) is 11.6 Å². The first-order valence-corrected chi connectivity index (χ1v) is 5.64. The second-order valence-corrected chi connectivity index (χ2v) is 4.10. The molecule has 1 aromatic heterocycles. The molecule has 0 aliphatic heterocycles. The lowest BCUT2D eigenvalue weighted by Gasteiger charge is -1.99. The molecule has 0 bridgehead atoms. The van der Waals surface area contributed by atoms with Crippen molar-refractivity contribution < 1.29 is 8.78 Å². The van der Waals surface area contributed by atoms with E-state index in [1.807, 2.05) is 0 Å². The van der Waals surface area contributed by atoms with Crippen LogP contribution in [-0.4, -0.2) is 0 Å². The van der Waals surface area contributed by atoms with Crippen molar-refractivity contribution in [3.8, 4) is 0 Å². The van der Waals surface area contributed by atoms with Gasteiger partial charge in [0.1, 0.15) is 11.6 Å². The summed E-state index contributed by atoms with van der Waals surface area (Å²) in [5.41, 5.74) is 0.491. The molecule has 0 atom stereocenters. The fourth-order valence-electron chi connectivity index (χ4n) is 1.20. The fourth-order valence-corrected chi connectivity index (χ4v) is 2.43. The number of hydrogen-bond acceptors (Lipinski definition) is 1. The Morgan fingerprint density at radius 2 is 2.08 bits per heavy atom. The molecule has 2 aromatic rings. The Labute approximate surface area is 86.3 Å². The van der Waals surface area contributed by atoms with E-state index in [1.165, 1.54) is 16.7 Å². The largest absolute Gasteiger partial charge is 0.206 e. The summed E-state index contributed by atoms with van der Waals surface area (Å²) in [7, 11) is 0. The zero-order valence-electron chi connectivity index (χ0n) is 6.48. The number of fused-ring (bicyclic) bond motifs is 1. The molecular weight excluding hydrogens is 258 g/mol. The van der Waals surface area contributed by atoms with Crippen LogP contribution in [-0.2, 0) is 5.33 Å². The third kappa shape index (κ3) is 1.38. The van der Waals surface area contributed by atoms with Gasteiger partial charge in [-0.15, -0.1) is 11.3 Å². The summed E-state index contributed by atoms with van der Waals surface area (Å²) in [6, 6.07) is 3.41. The molecule has 0 aliphatic rings. The molecule has 0 N–H and O–H groups in total. The predicted molar refractivity (Wildman–Crippen MR) is 54.4 cm³/mol. The number of halogens is 3. The van der Waals surface area contributed by atoms with Crippen LogP contribution >= 0.6 is 27.3 Å². The SMILES string of the molecule is Fc1csc2ccc(CBr)c(F)c12. The smallest absolute Gasteiger partial charge is 0.144 e. The van der Waals surface area contributed by atoms with Crippen LogP contribution < -0.4 is 0 Å². The number of benzene rings is 1. The lowest BCUT2D eigenvalue weighted by molar-refractivity contribution is 0.605. The summed E-state index contributed by atoms with van der Waals surface area (Å²) >= 11 is 4.36. The summed E-state index contributed by atoms with van der Waals surface area (Å²) in [6.07, 6.45) is 0.